The zero-order valence-corrected chi connectivity index (χ0v) is 11.9. The van der Waals surface area contributed by atoms with Gasteiger partial charge in [-0.15, -0.1) is 10.2 Å². The first-order chi connectivity index (χ1) is 9.10. The van der Waals surface area contributed by atoms with Gasteiger partial charge in [0, 0.05) is 6.54 Å². The van der Waals surface area contributed by atoms with Crippen molar-refractivity contribution in [2.75, 3.05) is 11.9 Å². The zero-order valence-electron chi connectivity index (χ0n) is 11.1. The summed E-state index contributed by atoms with van der Waals surface area (Å²) in [5.41, 5.74) is 0. The number of carbonyl (C=O) groups is 1. The number of amides is 1. The van der Waals surface area contributed by atoms with Gasteiger partial charge in [-0.25, -0.2) is 0 Å². The van der Waals surface area contributed by atoms with E-state index in [0.29, 0.717) is 10.1 Å². The molecule has 7 heteroatoms. The van der Waals surface area contributed by atoms with Crippen LogP contribution in [0.15, 0.2) is 16.5 Å². The van der Waals surface area contributed by atoms with Crippen molar-refractivity contribution in [2.45, 2.75) is 26.8 Å². The number of nitrogens with one attached hydrogen (secondary N) is 2. The lowest BCUT2D eigenvalue weighted by atomic mass is 10.2. The van der Waals surface area contributed by atoms with Crippen molar-refractivity contribution in [2.24, 2.45) is 0 Å². The van der Waals surface area contributed by atoms with Gasteiger partial charge in [0.15, 0.2) is 0 Å². The van der Waals surface area contributed by atoms with Crippen molar-refractivity contribution in [3.05, 3.63) is 28.7 Å². The van der Waals surface area contributed by atoms with E-state index in [1.807, 2.05) is 32.9 Å². The molecule has 6 nitrogen and oxygen atoms in total. The Morgan fingerprint density at radius 3 is 2.89 bits per heavy atom. The van der Waals surface area contributed by atoms with Crippen molar-refractivity contribution in [3.63, 3.8) is 0 Å². The molecule has 2 rings (SSSR count). The number of hydrogen-bond donors (Lipinski definition) is 2. The fraction of sp³-hybridized carbons (Fsp3) is 0.417. The number of rotatable bonds is 5. The van der Waals surface area contributed by atoms with Gasteiger partial charge in [-0.05, 0) is 32.9 Å². The minimum absolute atomic E-state index is 0.201. The first-order valence-corrected chi connectivity index (χ1v) is 6.86. The van der Waals surface area contributed by atoms with Crippen LogP contribution in [0.1, 0.15) is 41.2 Å². The summed E-state index contributed by atoms with van der Waals surface area (Å²) in [4.78, 5) is 12.0. The van der Waals surface area contributed by atoms with E-state index in [9.17, 15) is 4.79 Å². The van der Waals surface area contributed by atoms with Gasteiger partial charge in [0.1, 0.15) is 11.5 Å². The Balaban J connectivity index is 1.99. The topological polar surface area (TPSA) is 80.0 Å². The summed E-state index contributed by atoms with van der Waals surface area (Å²) < 4.78 is 5.47. The maximum atomic E-state index is 12.0. The molecule has 2 aromatic rings. The summed E-state index contributed by atoms with van der Waals surface area (Å²) in [6.07, 6.45) is 0. The fourth-order valence-corrected chi connectivity index (χ4v) is 2.27. The second kappa shape index (κ2) is 5.83. The van der Waals surface area contributed by atoms with Crippen LogP contribution < -0.4 is 10.6 Å². The molecule has 0 saturated heterocycles. The molecule has 0 aliphatic rings. The van der Waals surface area contributed by atoms with E-state index < -0.39 is 0 Å². The van der Waals surface area contributed by atoms with Crippen LogP contribution in [0.3, 0.4) is 0 Å². The quantitative estimate of drug-likeness (QED) is 0.879. The lowest BCUT2D eigenvalue weighted by Crippen LogP contribution is -2.26. The van der Waals surface area contributed by atoms with Gasteiger partial charge >= 0.3 is 0 Å². The molecule has 2 heterocycles. The molecule has 2 N–H and O–H groups in total. The number of furan rings is 1. The van der Waals surface area contributed by atoms with E-state index >= 15 is 0 Å². The summed E-state index contributed by atoms with van der Waals surface area (Å²) in [6.45, 7) is 6.44. The number of carbonyl (C=O) groups excluding carboxylic acids is 1. The molecule has 0 aromatic carbocycles. The van der Waals surface area contributed by atoms with E-state index in [-0.39, 0.29) is 11.9 Å². The van der Waals surface area contributed by atoms with Crippen LogP contribution in [0.2, 0.25) is 0 Å². The predicted octanol–water partition coefficient (Wildman–Crippen LogP) is 2.36. The van der Waals surface area contributed by atoms with Gasteiger partial charge in [-0.2, -0.15) is 0 Å². The Hall–Kier alpha value is -1.89. The van der Waals surface area contributed by atoms with Gasteiger partial charge in [-0.3, -0.25) is 4.79 Å². The number of anilines is 1. The van der Waals surface area contributed by atoms with Crippen molar-refractivity contribution < 1.29 is 9.21 Å². The van der Waals surface area contributed by atoms with E-state index in [2.05, 4.69) is 20.8 Å². The maximum absolute atomic E-state index is 12.0. The second-order valence-electron chi connectivity index (χ2n) is 4.09. The molecule has 0 bridgehead atoms. The van der Waals surface area contributed by atoms with Gasteiger partial charge in [0.2, 0.25) is 10.1 Å². The molecule has 19 heavy (non-hydrogen) atoms. The molecule has 0 saturated carbocycles. The fourth-order valence-electron chi connectivity index (χ4n) is 1.55. The molecular formula is C12H16N4O2S. The first-order valence-electron chi connectivity index (χ1n) is 6.04. The van der Waals surface area contributed by atoms with Crippen LogP contribution in [0.25, 0.3) is 0 Å². The molecule has 0 fully saturated rings. The lowest BCUT2D eigenvalue weighted by molar-refractivity contribution is 0.0934. The molecule has 1 atom stereocenters. The second-order valence-corrected chi connectivity index (χ2v) is 5.06. The van der Waals surface area contributed by atoms with E-state index in [4.69, 9.17) is 4.42 Å². The third-order valence-corrected chi connectivity index (χ3v) is 3.36. The Labute approximate surface area is 115 Å². The van der Waals surface area contributed by atoms with Gasteiger partial charge < -0.3 is 15.1 Å². The predicted molar refractivity (Wildman–Crippen MR) is 73.4 cm³/mol. The van der Waals surface area contributed by atoms with Crippen LogP contribution in [0.5, 0.6) is 0 Å². The van der Waals surface area contributed by atoms with Crippen molar-refractivity contribution >= 4 is 22.4 Å². The molecule has 0 spiro atoms. The molecule has 1 amide bonds. The van der Waals surface area contributed by atoms with E-state index in [0.717, 1.165) is 18.1 Å². The molecule has 102 valence electrons. The monoisotopic (exact) mass is 280 g/mol. The average molecular weight is 280 g/mol. The van der Waals surface area contributed by atoms with Crippen molar-refractivity contribution in [1.82, 2.24) is 15.5 Å². The molecular weight excluding hydrogens is 264 g/mol. The third-order valence-electron chi connectivity index (χ3n) is 2.48. The van der Waals surface area contributed by atoms with E-state index in [1.54, 1.807) is 0 Å². The Morgan fingerprint density at radius 2 is 2.26 bits per heavy atom. The van der Waals surface area contributed by atoms with Gasteiger partial charge in [-0.1, -0.05) is 11.3 Å². The number of aryl methyl sites for hydroxylation is 1. The first kappa shape index (κ1) is 13.5. The van der Waals surface area contributed by atoms with Crippen molar-refractivity contribution in [1.29, 1.82) is 0 Å². The highest BCUT2D eigenvalue weighted by atomic mass is 32.1. The average Bonchev–Trinajstić information content (AvgIpc) is 2.98. The van der Waals surface area contributed by atoms with Crippen LogP contribution in [-0.4, -0.2) is 22.6 Å². The van der Waals surface area contributed by atoms with Crippen LogP contribution in [0, 0.1) is 6.92 Å². The Kier molecular flexibility index (Phi) is 4.16. The number of hydrogen-bond acceptors (Lipinski definition) is 6. The highest BCUT2D eigenvalue weighted by molar-refractivity contribution is 7.17. The number of aromatic nitrogens is 2. The summed E-state index contributed by atoms with van der Waals surface area (Å²) in [5.74, 6) is 1.30. The molecule has 0 radical (unpaired) electrons. The Bertz CT molecular complexity index is 564. The summed E-state index contributed by atoms with van der Waals surface area (Å²) >= 11 is 1.23. The molecule has 2 aromatic heterocycles. The van der Waals surface area contributed by atoms with E-state index in [1.165, 1.54) is 11.3 Å². The standard InChI is InChI=1S/C12H16N4O2S/c1-4-13-12-16-15-11(19-12)10(17)14-8(3)9-6-5-7(2)18-9/h5-6,8H,4H2,1-3H3,(H,13,16)(H,14,17). The molecule has 0 aliphatic carbocycles. The third kappa shape index (κ3) is 3.31. The minimum atomic E-state index is -0.247. The SMILES string of the molecule is CCNc1nnc(C(=O)NC(C)c2ccc(C)o2)s1. The maximum Gasteiger partial charge on any atom is 0.282 e. The van der Waals surface area contributed by atoms with Crippen LogP contribution >= 0.6 is 11.3 Å². The highest BCUT2D eigenvalue weighted by Gasteiger charge is 2.17. The van der Waals surface area contributed by atoms with Crippen molar-refractivity contribution in [3.8, 4) is 0 Å². The largest absolute Gasteiger partial charge is 0.464 e. The molecule has 1 unspecified atom stereocenters. The normalized spacial score (nSPS) is 12.2. The van der Waals surface area contributed by atoms with Crippen LogP contribution in [-0.2, 0) is 0 Å². The van der Waals surface area contributed by atoms with Gasteiger partial charge in [0.05, 0.1) is 6.04 Å². The van der Waals surface area contributed by atoms with Crippen LogP contribution in [0.4, 0.5) is 5.13 Å². The summed E-state index contributed by atoms with van der Waals surface area (Å²) in [5, 5.41) is 14.6. The molecule has 0 aliphatic heterocycles. The lowest BCUT2D eigenvalue weighted by Gasteiger charge is -2.09. The minimum Gasteiger partial charge on any atom is -0.464 e. The summed E-state index contributed by atoms with van der Waals surface area (Å²) in [7, 11) is 0. The highest BCUT2D eigenvalue weighted by Crippen LogP contribution is 2.18. The zero-order chi connectivity index (χ0) is 13.8. The smallest absolute Gasteiger partial charge is 0.282 e. The summed E-state index contributed by atoms with van der Waals surface area (Å²) in [6, 6.07) is 3.52. The Morgan fingerprint density at radius 1 is 1.47 bits per heavy atom. The number of nitrogens with zero attached hydrogens (tertiary/aromatic N) is 2. The van der Waals surface area contributed by atoms with Gasteiger partial charge in [0.25, 0.3) is 5.91 Å².